The Kier molecular flexibility index (Phi) is 6.02. The lowest BCUT2D eigenvalue weighted by atomic mass is 10.1. The van der Waals surface area contributed by atoms with E-state index in [0.717, 1.165) is 47.7 Å². The van der Waals surface area contributed by atoms with Crippen LogP contribution in [0.1, 0.15) is 18.4 Å². The van der Waals surface area contributed by atoms with Crippen LogP contribution in [0.2, 0.25) is 0 Å². The summed E-state index contributed by atoms with van der Waals surface area (Å²) < 4.78 is 7.44. The SMILES string of the molecule is O=C(Cn1cc(/C=C2\SC(=O)N(c3ccccc3)C2=O)c2ccccc21)NC[C@H]1CCCO1. The zero-order valence-corrected chi connectivity index (χ0v) is 18.7. The zero-order chi connectivity index (χ0) is 22.8. The average Bonchev–Trinajstić information content (AvgIpc) is 3.53. The standard InChI is InChI=1S/C25H23N3O4S/c29-23(26-14-19-9-6-12-32-19)16-27-15-17(20-10-4-5-11-21(20)27)13-22-24(30)28(25(31)33-22)18-7-2-1-3-8-18/h1-5,7-8,10-11,13,15,19H,6,9,12,14,16H2,(H,26,29)/b22-13-/t19-/m1/s1. The van der Waals surface area contributed by atoms with Gasteiger partial charge in [0.2, 0.25) is 5.91 Å². The Morgan fingerprint density at radius 3 is 2.70 bits per heavy atom. The Bertz CT molecular complexity index is 1250. The van der Waals surface area contributed by atoms with E-state index >= 15 is 0 Å². The van der Waals surface area contributed by atoms with E-state index in [4.69, 9.17) is 4.74 Å². The van der Waals surface area contributed by atoms with Crippen molar-refractivity contribution in [1.82, 2.24) is 9.88 Å². The van der Waals surface area contributed by atoms with Crippen molar-refractivity contribution in [2.24, 2.45) is 0 Å². The minimum Gasteiger partial charge on any atom is -0.376 e. The molecule has 2 aliphatic heterocycles. The van der Waals surface area contributed by atoms with Gasteiger partial charge in [-0.15, -0.1) is 0 Å². The van der Waals surface area contributed by atoms with Gasteiger partial charge in [0.15, 0.2) is 0 Å². The molecule has 3 aromatic rings. The van der Waals surface area contributed by atoms with Gasteiger partial charge in [0.25, 0.3) is 11.1 Å². The molecule has 2 fully saturated rings. The largest absolute Gasteiger partial charge is 0.376 e. The molecule has 168 valence electrons. The van der Waals surface area contributed by atoms with E-state index < -0.39 is 0 Å². The van der Waals surface area contributed by atoms with Crippen LogP contribution in [0.4, 0.5) is 10.5 Å². The van der Waals surface area contributed by atoms with Crippen LogP contribution in [0.5, 0.6) is 0 Å². The van der Waals surface area contributed by atoms with Crippen LogP contribution < -0.4 is 10.2 Å². The molecule has 0 aliphatic carbocycles. The fourth-order valence-electron chi connectivity index (χ4n) is 4.17. The maximum atomic E-state index is 13.0. The number of para-hydroxylation sites is 2. The molecule has 33 heavy (non-hydrogen) atoms. The highest BCUT2D eigenvalue weighted by molar-refractivity contribution is 8.19. The van der Waals surface area contributed by atoms with E-state index in [2.05, 4.69) is 5.32 Å². The van der Waals surface area contributed by atoms with Gasteiger partial charge >= 0.3 is 0 Å². The summed E-state index contributed by atoms with van der Waals surface area (Å²) in [7, 11) is 0. The quantitative estimate of drug-likeness (QED) is 0.557. The fourth-order valence-corrected chi connectivity index (χ4v) is 5.01. The number of thioether (sulfide) groups is 1. The van der Waals surface area contributed by atoms with Crippen molar-refractivity contribution in [3.8, 4) is 0 Å². The summed E-state index contributed by atoms with van der Waals surface area (Å²) in [6.45, 7) is 1.42. The Hall–Kier alpha value is -3.36. The summed E-state index contributed by atoms with van der Waals surface area (Å²) in [6, 6.07) is 16.6. The first kappa shape index (κ1) is 21.5. The van der Waals surface area contributed by atoms with Crippen LogP contribution in [0, 0.1) is 0 Å². The van der Waals surface area contributed by atoms with Crippen LogP contribution >= 0.6 is 11.8 Å². The maximum Gasteiger partial charge on any atom is 0.298 e. The number of ether oxygens (including phenoxy) is 1. The number of carbonyl (C=O) groups excluding carboxylic acids is 3. The molecule has 0 saturated carbocycles. The lowest BCUT2D eigenvalue weighted by molar-refractivity contribution is -0.122. The number of imide groups is 1. The second kappa shape index (κ2) is 9.25. The number of hydrogen-bond acceptors (Lipinski definition) is 5. The van der Waals surface area contributed by atoms with E-state index in [0.29, 0.717) is 17.1 Å². The highest BCUT2D eigenvalue weighted by Crippen LogP contribution is 2.36. The van der Waals surface area contributed by atoms with Crippen molar-refractivity contribution in [3.05, 3.63) is 71.3 Å². The first-order chi connectivity index (χ1) is 16.1. The van der Waals surface area contributed by atoms with Crippen molar-refractivity contribution in [3.63, 3.8) is 0 Å². The van der Waals surface area contributed by atoms with Crippen molar-refractivity contribution < 1.29 is 19.1 Å². The third kappa shape index (κ3) is 4.44. The van der Waals surface area contributed by atoms with Gasteiger partial charge < -0.3 is 14.6 Å². The van der Waals surface area contributed by atoms with Gasteiger partial charge in [-0.3, -0.25) is 14.4 Å². The molecule has 0 unspecified atom stereocenters. The van der Waals surface area contributed by atoms with E-state index in [-0.39, 0.29) is 29.7 Å². The summed E-state index contributed by atoms with van der Waals surface area (Å²) in [5.74, 6) is -0.440. The number of anilines is 1. The van der Waals surface area contributed by atoms with Crippen LogP contribution in [-0.4, -0.2) is 40.9 Å². The fraction of sp³-hybridized carbons (Fsp3) is 0.240. The monoisotopic (exact) mass is 461 g/mol. The number of carbonyl (C=O) groups is 3. The van der Waals surface area contributed by atoms with Crippen molar-refractivity contribution in [1.29, 1.82) is 0 Å². The van der Waals surface area contributed by atoms with E-state index in [1.807, 2.05) is 41.1 Å². The van der Waals surface area contributed by atoms with Gasteiger partial charge in [0, 0.05) is 35.8 Å². The van der Waals surface area contributed by atoms with Gasteiger partial charge in [-0.2, -0.15) is 0 Å². The second-order valence-electron chi connectivity index (χ2n) is 8.02. The topological polar surface area (TPSA) is 80.6 Å². The molecular weight excluding hydrogens is 438 g/mol. The van der Waals surface area contributed by atoms with Gasteiger partial charge in [0.1, 0.15) is 6.54 Å². The van der Waals surface area contributed by atoms with Crippen LogP contribution in [0.25, 0.3) is 17.0 Å². The first-order valence-electron chi connectivity index (χ1n) is 10.9. The molecule has 5 rings (SSSR count). The molecule has 0 radical (unpaired) electrons. The highest BCUT2D eigenvalue weighted by atomic mass is 32.2. The molecule has 2 aromatic carbocycles. The molecule has 2 aliphatic rings. The van der Waals surface area contributed by atoms with E-state index in [1.165, 1.54) is 4.90 Å². The molecule has 0 spiro atoms. The maximum absolute atomic E-state index is 13.0. The summed E-state index contributed by atoms with van der Waals surface area (Å²) in [5.41, 5.74) is 2.23. The normalized spacial score (nSPS) is 19.7. The summed E-state index contributed by atoms with van der Waals surface area (Å²) in [5, 5.41) is 3.54. The third-order valence-corrected chi connectivity index (χ3v) is 6.65. The lowest BCUT2D eigenvalue weighted by Crippen LogP contribution is -2.34. The molecule has 8 heteroatoms. The summed E-state index contributed by atoms with van der Waals surface area (Å²) in [4.78, 5) is 39.6. The molecule has 1 aromatic heterocycles. The molecule has 7 nitrogen and oxygen atoms in total. The third-order valence-electron chi connectivity index (χ3n) is 5.78. The number of aromatic nitrogens is 1. The molecular formula is C25H23N3O4S. The second-order valence-corrected chi connectivity index (χ2v) is 9.01. The number of nitrogens with one attached hydrogen (secondary N) is 1. The van der Waals surface area contributed by atoms with E-state index in [1.54, 1.807) is 30.3 Å². The average molecular weight is 462 g/mol. The summed E-state index contributed by atoms with van der Waals surface area (Å²) >= 11 is 0.922. The van der Waals surface area contributed by atoms with Crippen molar-refractivity contribution in [2.75, 3.05) is 18.1 Å². The van der Waals surface area contributed by atoms with Gasteiger partial charge in [-0.25, -0.2) is 4.90 Å². The number of amides is 3. The zero-order valence-electron chi connectivity index (χ0n) is 17.9. The Labute approximate surface area is 195 Å². The van der Waals surface area contributed by atoms with Crippen LogP contribution in [-0.2, 0) is 20.9 Å². The first-order valence-corrected chi connectivity index (χ1v) is 11.7. The van der Waals surface area contributed by atoms with Gasteiger partial charge in [0.05, 0.1) is 16.7 Å². The number of benzene rings is 2. The van der Waals surface area contributed by atoms with Crippen molar-refractivity contribution in [2.45, 2.75) is 25.5 Å². The highest BCUT2D eigenvalue weighted by Gasteiger charge is 2.36. The van der Waals surface area contributed by atoms with Gasteiger partial charge in [-0.05, 0) is 48.9 Å². The minimum absolute atomic E-state index is 0.0890. The van der Waals surface area contributed by atoms with Crippen LogP contribution in [0.3, 0.4) is 0 Å². The number of hydrogen-bond donors (Lipinski definition) is 1. The number of rotatable bonds is 6. The smallest absolute Gasteiger partial charge is 0.298 e. The van der Waals surface area contributed by atoms with E-state index in [9.17, 15) is 14.4 Å². The predicted molar refractivity (Wildman–Crippen MR) is 129 cm³/mol. The molecule has 3 heterocycles. The molecule has 2 saturated heterocycles. The Morgan fingerprint density at radius 2 is 1.91 bits per heavy atom. The minimum atomic E-state index is -0.345. The van der Waals surface area contributed by atoms with Gasteiger partial charge in [-0.1, -0.05) is 36.4 Å². The Morgan fingerprint density at radius 1 is 1.12 bits per heavy atom. The van der Waals surface area contributed by atoms with Crippen LogP contribution in [0.15, 0.2) is 65.7 Å². The molecule has 0 bridgehead atoms. The summed E-state index contributed by atoms with van der Waals surface area (Å²) in [6.07, 6.45) is 5.67. The number of fused-ring (bicyclic) bond motifs is 1. The molecule has 1 atom stereocenters. The number of nitrogens with zero attached hydrogens (tertiary/aromatic N) is 2. The predicted octanol–water partition coefficient (Wildman–Crippen LogP) is 4.18. The molecule has 3 amide bonds. The Balaban J connectivity index is 1.39. The lowest BCUT2D eigenvalue weighted by Gasteiger charge is -2.11. The van der Waals surface area contributed by atoms with Crippen molar-refractivity contribution >= 4 is 51.5 Å². The molecule has 1 N–H and O–H groups in total.